The predicted octanol–water partition coefficient (Wildman–Crippen LogP) is -2.19. The summed E-state index contributed by atoms with van der Waals surface area (Å²) >= 11 is 0. The summed E-state index contributed by atoms with van der Waals surface area (Å²) in [6.45, 7) is 14.1. The van der Waals surface area contributed by atoms with E-state index in [4.69, 9.17) is 0 Å². The average Bonchev–Trinajstić information content (AvgIpc) is 1.85. The van der Waals surface area contributed by atoms with Gasteiger partial charge in [-0.05, 0) is 0 Å². The van der Waals surface area contributed by atoms with Crippen LogP contribution in [0.3, 0.4) is 0 Å². The molecule has 70 valence electrons. The molecule has 0 aromatic heterocycles. The molecule has 0 rings (SSSR count). The Kier molecular flexibility index (Phi) is 37.1. The third-order valence-electron chi connectivity index (χ3n) is 0.950. The largest absolute Gasteiger partial charge is 1.00 e. The van der Waals surface area contributed by atoms with E-state index in [1.165, 1.54) is 6.42 Å². The van der Waals surface area contributed by atoms with Gasteiger partial charge in [0.15, 0.2) is 0 Å². The molecule has 0 saturated carbocycles. The summed E-state index contributed by atoms with van der Waals surface area (Å²) in [5.41, 5.74) is 0. The molecule has 0 bridgehead atoms. The Morgan fingerprint density at radius 1 is 1.08 bits per heavy atom. The summed E-state index contributed by atoms with van der Waals surface area (Å²) in [7, 11) is 0. The Hall–Kier alpha value is 2.19. The van der Waals surface area contributed by atoms with Crippen molar-refractivity contribution in [2.75, 3.05) is 0 Å². The fourth-order valence-corrected chi connectivity index (χ4v) is 0.596. The van der Waals surface area contributed by atoms with E-state index < -0.39 is 0 Å². The van der Waals surface area contributed by atoms with Crippen LogP contribution in [-0.4, -0.2) is 12.1 Å². The van der Waals surface area contributed by atoms with Crippen LogP contribution in [-0.2, 0) is 0 Å². The van der Waals surface area contributed by atoms with Gasteiger partial charge in [-0.1, -0.05) is 41.0 Å². The molecule has 0 aromatic carbocycles. The third kappa shape index (κ3) is 40.8. The molecule has 0 saturated heterocycles. The van der Waals surface area contributed by atoms with Gasteiger partial charge in [-0.3, -0.25) is 0 Å². The van der Waals surface area contributed by atoms with E-state index in [-0.39, 0.29) is 70.2 Å². The second-order valence-corrected chi connectivity index (χ2v) is 3.19. The van der Waals surface area contributed by atoms with Gasteiger partial charge in [-0.15, -0.1) is 12.1 Å². The van der Waals surface area contributed by atoms with Crippen LogP contribution in [0.2, 0.25) is 0 Å². The fraction of sp³-hybridized carbons (Fsp3) is 0.900. The minimum atomic E-state index is 0. The summed E-state index contributed by atoms with van der Waals surface area (Å²) in [4.78, 5) is 0. The summed E-state index contributed by atoms with van der Waals surface area (Å²) in [5.74, 6) is 0. The Morgan fingerprint density at radius 3 is 1.31 bits per heavy atom. The van der Waals surface area contributed by atoms with Crippen LogP contribution in [0.4, 0.5) is 0 Å². The van der Waals surface area contributed by atoms with E-state index in [0.717, 1.165) is 6.42 Å². The van der Waals surface area contributed by atoms with Crippen molar-refractivity contribution in [3.8, 4) is 0 Å². The van der Waals surface area contributed by atoms with E-state index in [9.17, 15) is 0 Å². The molecule has 0 radical (unpaired) electrons. The molecular formula is C10H23KLiN. The van der Waals surface area contributed by atoms with Crippen LogP contribution in [0.15, 0.2) is 0 Å². The maximum absolute atomic E-state index is 4.28. The molecule has 0 heterocycles. The number of hydrogen-bond acceptors (Lipinski definition) is 0. The van der Waals surface area contributed by atoms with E-state index >= 15 is 0 Å². The molecule has 0 atom stereocenters. The first kappa shape index (κ1) is 24.4. The third-order valence-corrected chi connectivity index (χ3v) is 0.950. The van der Waals surface area contributed by atoms with Gasteiger partial charge < -0.3 is 12.2 Å². The first-order valence-electron chi connectivity index (χ1n) is 4.53. The molecule has 0 unspecified atom stereocenters. The molecular weight excluding hydrogens is 180 g/mol. The maximum Gasteiger partial charge on any atom is 1.00 e. The fourth-order valence-electron chi connectivity index (χ4n) is 0.596. The zero-order valence-corrected chi connectivity index (χ0v) is 13.8. The zero-order valence-electron chi connectivity index (χ0n) is 10.7. The van der Waals surface area contributed by atoms with Crippen LogP contribution in [0.5, 0.6) is 0 Å². The Bertz CT molecular complexity index is 59.9. The molecule has 1 nitrogen and oxygen atoms in total. The second kappa shape index (κ2) is 19.7. The molecule has 0 N–H and O–H groups in total. The number of unbranched alkanes of at least 4 members (excludes halogenated alkanes) is 1. The molecule has 0 aromatic rings. The molecule has 0 spiro atoms. The predicted molar refractivity (Wildman–Crippen MR) is 53.9 cm³/mol. The normalized spacial score (nSPS) is 8.31. The molecule has 0 aliphatic carbocycles. The summed E-state index contributed by atoms with van der Waals surface area (Å²) < 4.78 is 0. The maximum atomic E-state index is 4.28. The van der Waals surface area contributed by atoms with Crippen molar-refractivity contribution in [2.24, 2.45) is 0 Å². The molecule has 0 aliphatic heterocycles. The van der Waals surface area contributed by atoms with E-state index in [0.29, 0.717) is 12.1 Å². The number of nitrogens with zero attached hydrogens (tertiary/aromatic N) is 1. The number of rotatable bonds is 3. The quantitative estimate of drug-likeness (QED) is 0.365. The summed E-state index contributed by atoms with van der Waals surface area (Å²) in [6, 6.07) is 1.000. The first-order chi connectivity index (χ1) is 5.04. The van der Waals surface area contributed by atoms with Gasteiger partial charge in [0.1, 0.15) is 0 Å². The van der Waals surface area contributed by atoms with Crippen molar-refractivity contribution in [3.63, 3.8) is 0 Å². The van der Waals surface area contributed by atoms with Crippen molar-refractivity contribution in [1.82, 2.24) is 0 Å². The summed E-state index contributed by atoms with van der Waals surface area (Å²) in [6.07, 6.45) is 2.28. The second-order valence-electron chi connectivity index (χ2n) is 3.19. The van der Waals surface area contributed by atoms with Crippen LogP contribution >= 0.6 is 0 Å². The van der Waals surface area contributed by atoms with Crippen molar-refractivity contribution in [3.05, 3.63) is 12.2 Å². The topological polar surface area (TPSA) is 14.1 Å². The average molecular weight is 203 g/mol. The molecule has 13 heavy (non-hydrogen) atoms. The molecule has 0 fully saturated rings. The van der Waals surface area contributed by atoms with Crippen molar-refractivity contribution in [2.45, 2.75) is 59.5 Å². The minimum Gasteiger partial charge on any atom is -0.658 e. The molecule has 3 heteroatoms. The Balaban J connectivity index is -0.0000000600. The first-order valence-corrected chi connectivity index (χ1v) is 4.53. The van der Waals surface area contributed by atoms with Crippen molar-refractivity contribution >= 4 is 0 Å². The Labute approximate surface area is 140 Å². The number of hydrogen-bond donors (Lipinski definition) is 0. The van der Waals surface area contributed by atoms with Crippen LogP contribution in [0, 0.1) is 6.92 Å². The van der Waals surface area contributed by atoms with Crippen molar-refractivity contribution in [1.29, 1.82) is 0 Å². The zero-order chi connectivity index (χ0) is 9.28. The summed E-state index contributed by atoms with van der Waals surface area (Å²) in [5, 5.41) is 4.28. The van der Waals surface area contributed by atoms with Gasteiger partial charge in [0.25, 0.3) is 0 Å². The van der Waals surface area contributed by atoms with Gasteiger partial charge >= 0.3 is 70.2 Å². The SMILES string of the molecule is CC(C)[N-]C(C)C.[CH2-]CCC.[K+].[Li+]. The standard InChI is InChI=1S/C6H14N.C4H9.K.Li/c1-5(2)7-6(3)4;1-3-4-2;;/h5-6H,1-4H3;1,3-4H2,2H3;;/q2*-1;2*+1. The van der Waals surface area contributed by atoms with Gasteiger partial charge in [0.05, 0.1) is 0 Å². The van der Waals surface area contributed by atoms with Gasteiger partial charge in [-0.2, -0.15) is 6.42 Å². The van der Waals surface area contributed by atoms with Crippen LogP contribution in [0.1, 0.15) is 47.5 Å². The van der Waals surface area contributed by atoms with E-state index in [1.54, 1.807) is 0 Å². The molecule has 0 aliphatic rings. The Morgan fingerprint density at radius 2 is 1.31 bits per heavy atom. The van der Waals surface area contributed by atoms with Crippen LogP contribution in [0.25, 0.3) is 5.32 Å². The smallest absolute Gasteiger partial charge is 0.658 e. The van der Waals surface area contributed by atoms with Gasteiger partial charge in [0, 0.05) is 0 Å². The van der Waals surface area contributed by atoms with Gasteiger partial charge in [0.2, 0.25) is 0 Å². The van der Waals surface area contributed by atoms with Crippen LogP contribution < -0.4 is 70.2 Å². The van der Waals surface area contributed by atoms with Gasteiger partial charge in [-0.25, -0.2) is 0 Å². The minimum absolute atomic E-state index is 0. The van der Waals surface area contributed by atoms with E-state index in [1.807, 2.05) is 0 Å². The van der Waals surface area contributed by atoms with Crippen molar-refractivity contribution < 1.29 is 70.2 Å². The van der Waals surface area contributed by atoms with E-state index in [2.05, 4.69) is 46.9 Å². The monoisotopic (exact) mass is 203 g/mol. The molecule has 0 amide bonds.